The monoisotopic (exact) mass is 896 g/mol. The highest BCUT2D eigenvalue weighted by atomic mass is 16.5. The van der Waals surface area contributed by atoms with Crippen LogP contribution in [0.3, 0.4) is 0 Å². The maximum Gasteiger partial charge on any atom is 0.305 e. The van der Waals surface area contributed by atoms with Gasteiger partial charge in [-0.2, -0.15) is 0 Å². The molecule has 2 unspecified atom stereocenters. The smallest absolute Gasteiger partial charge is 0.305 e. The van der Waals surface area contributed by atoms with Crippen molar-refractivity contribution in [1.29, 1.82) is 0 Å². The molecule has 2 atom stereocenters. The summed E-state index contributed by atoms with van der Waals surface area (Å²) in [5.74, 6) is -0.117. The van der Waals surface area contributed by atoms with Crippen LogP contribution in [0.15, 0.2) is 60.8 Å². The predicted molar refractivity (Wildman–Crippen MR) is 278 cm³/mol. The van der Waals surface area contributed by atoms with Crippen molar-refractivity contribution in [2.45, 2.75) is 283 Å². The summed E-state index contributed by atoms with van der Waals surface area (Å²) in [6.45, 7) is 4.82. The summed E-state index contributed by atoms with van der Waals surface area (Å²) in [7, 11) is 0. The summed E-state index contributed by atoms with van der Waals surface area (Å²) >= 11 is 0. The topological polar surface area (TPSA) is 95.9 Å². The largest absolute Gasteiger partial charge is 0.466 e. The van der Waals surface area contributed by atoms with Gasteiger partial charge in [0.2, 0.25) is 5.91 Å². The van der Waals surface area contributed by atoms with Gasteiger partial charge in [-0.05, 0) is 103 Å². The highest BCUT2D eigenvalue weighted by molar-refractivity contribution is 5.76. The molecule has 0 aliphatic carbocycles. The molecule has 0 fully saturated rings. The first-order chi connectivity index (χ1) is 31.5. The summed E-state index contributed by atoms with van der Waals surface area (Å²) in [6, 6.07) is -0.641. The molecule has 0 radical (unpaired) electrons. The second kappa shape index (κ2) is 53.2. The molecular weight excluding hydrogens is 791 g/mol. The van der Waals surface area contributed by atoms with E-state index in [1.165, 1.54) is 148 Å². The van der Waals surface area contributed by atoms with Gasteiger partial charge in [-0.25, -0.2) is 0 Å². The fourth-order valence-electron chi connectivity index (χ4n) is 7.99. The maximum absolute atomic E-state index is 12.4. The van der Waals surface area contributed by atoms with E-state index < -0.39 is 12.1 Å². The van der Waals surface area contributed by atoms with Crippen LogP contribution in [0.5, 0.6) is 0 Å². The van der Waals surface area contributed by atoms with Gasteiger partial charge in [0, 0.05) is 12.8 Å². The third-order valence-electron chi connectivity index (χ3n) is 12.3. The quantitative estimate of drug-likeness (QED) is 0.0321. The summed E-state index contributed by atoms with van der Waals surface area (Å²) in [4.78, 5) is 24.5. The Labute approximate surface area is 397 Å². The van der Waals surface area contributed by atoms with Crippen LogP contribution in [0.25, 0.3) is 0 Å². The Kier molecular flexibility index (Phi) is 51.2. The Hall–Kier alpha value is -2.44. The first-order valence-electron chi connectivity index (χ1n) is 27.6. The molecule has 6 heteroatoms. The van der Waals surface area contributed by atoms with Crippen LogP contribution in [0.2, 0.25) is 0 Å². The van der Waals surface area contributed by atoms with Crippen LogP contribution in [-0.4, -0.2) is 47.4 Å². The number of nitrogens with one attached hydrogen (secondary N) is 1. The average Bonchev–Trinajstić information content (AvgIpc) is 3.29. The summed E-state index contributed by atoms with van der Waals surface area (Å²) < 4.78 is 5.44. The molecule has 0 saturated carbocycles. The van der Waals surface area contributed by atoms with Crippen molar-refractivity contribution in [2.24, 2.45) is 0 Å². The molecule has 1 amide bonds. The Balaban J connectivity index is 3.55. The number of hydrogen-bond donors (Lipinski definition) is 3. The van der Waals surface area contributed by atoms with Crippen LogP contribution in [0, 0.1) is 0 Å². The van der Waals surface area contributed by atoms with Gasteiger partial charge in [-0.15, -0.1) is 0 Å². The second-order valence-corrected chi connectivity index (χ2v) is 18.5. The van der Waals surface area contributed by atoms with Crippen molar-refractivity contribution < 1.29 is 24.5 Å². The number of ether oxygens (including phenoxy) is 1. The number of aliphatic hydroxyl groups is 2. The zero-order valence-corrected chi connectivity index (χ0v) is 42.2. The number of allylic oxidation sites excluding steroid dienone is 9. The zero-order valence-electron chi connectivity index (χ0n) is 42.2. The minimum atomic E-state index is -0.856. The lowest BCUT2D eigenvalue weighted by Gasteiger charge is -2.20. The van der Waals surface area contributed by atoms with Crippen LogP contribution in [0.4, 0.5) is 0 Å². The van der Waals surface area contributed by atoms with Gasteiger partial charge in [0.25, 0.3) is 0 Å². The van der Waals surface area contributed by atoms with Gasteiger partial charge in [0.15, 0.2) is 0 Å². The Morgan fingerprint density at radius 3 is 1.22 bits per heavy atom. The number of esters is 1. The number of amides is 1. The molecule has 0 heterocycles. The van der Waals surface area contributed by atoms with Crippen molar-refractivity contribution in [2.75, 3.05) is 13.2 Å². The van der Waals surface area contributed by atoms with Crippen LogP contribution < -0.4 is 5.32 Å². The third-order valence-corrected chi connectivity index (χ3v) is 12.3. The van der Waals surface area contributed by atoms with E-state index in [0.717, 1.165) is 96.3 Å². The molecule has 0 bridgehead atoms. The zero-order chi connectivity index (χ0) is 46.5. The van der Waals surface area contributed by atoms with Crippen LogP contribution >= 0.6 is 0 Å². The SMILES string of the molecule is CCCCC/C=C\C/C=C\CCCCCCCC(=O)OCCCCC/C=C\C/C=C\CCCCCCCCCC(=O)NC(CO)C(O)/C=C/CCCCCCCCCCCCCCC. The molecule has 372 valence electrons. The fraction of sp³-hybridized carbons (Fsp3) is 0.793. The molecule has 0 rings (SSSR count). The van der Waals surface area contributed by atoms with Crippen molar-refractivity contribution in [3.8, 4) is 0 Å². The number of carbonyl (C=O) groups is 2. The molecule has 0 spiro atoms. The van der Waals surface area contributed by atoms with E-state index in [9.17, 15) is 19.8 Å². The predicted octanol–water partition coefficient (Wildman–Crippen LogP) is 16.8. The molecule has 0 saturated heterocycles. The van der Waals surface area contributed by atoms with E-state index in [0.29, 0.717) is 19.4 Å². The van der Waals surface area contributed by atoms with Gasteiger partial charge in [0.05, 0.1) is 25.4 Å². The van der Waals surface area contributed by atoms with Crippen molar-refractivity contribution in [1.82, 2.24) is 5.32 Å². The average molecular weight is 896 g/mol. The Bertz CT molecular complexity index is 1130. The number of unbranched alkanes of at least 4 members (excludes halogenated alkanes) is 31. The van der Waals surface area contributed by atoms with Crippen molar-refractivity contribution >= 4 is 11.9 Å². The normalized spacial score (nSPS) is 13.1. The van der Waals surface area contributed by atoms with Crippen molar-refractivity contribution in [3.05, 3.63) is 60.8 Å². The number of hydrogen-bond acceptors (Lipinski definition) is 5. The first kappa shape index (κ1) is 61.6. The molecule has 6 nitrogen and oxygen atoms in total. The van der Waals surface area contributed by atoms with E-state index in [4.69, 9.17) is 4.74 Å². The Morgan fingerprint density at radius 2 is 0.781 bits per heavy atom. The highest BCUT2D eigenvalue weighted by Gasteiger charge is 2.18. The minimum absolute atomic E-state index is 0.0314. The molecule has 64 heavy (non-hydrogen) atoms. The molecule has 0 aliphatic heterocycles. The standard InChI is InChI=1S/C58H105NO5/c1-3-5-7-9-11-13-15-17-22-26-30-34-38-42-46-50-56(61)55(54-60)59-57(62)51-47-43-39-35-31-27-24-20-19-21-25-29-33-37-41-45-49-53-64-58(63)52-48-44-40-36-32-28-23-18-16-14-12-10-8-6-4-2/h12,14,18-19,21,23,29,33,46,50,55-56,60-61H,3-11,13,15-17,20,22,24-28,30-32,34-45,47-49,51-54H2,1-2H3,(H,59,62)/b14-12-,21-19-,23-18-,33-29-,50-46+. The lowest BCUT2D eigenvalue weighted by Crippen LogP contribution is -2.45. The van der Waals surface area contributed by atoms with Gasteiger partial charge in [0.1, 0.15) is 0 Å². The molecule has 0 aromatic heterocycles. The van der Waals surface area contributed by atoms with Crippen molar-refractivity contribution in [3.63, 3.8) is 0 Å². The summed E-state index contributed by atoms with van der Waals surface area (Å²) in [5.41, 5.74) is 0. The minimum Gasteiger partial charge on any atom is -0.466 e. The molecular formula is C58H105NO5. The van der Waals surface area contributed by atoms with Crippen LogP contribution in [0.1, 0.15) is 271 Å². The van der Waals surface area contributed by atoms with E-state index >= 15 is 0 Å². The number of carbonyl (C=O) groups excluding carboxylic acids is 2. The molecule has 3 N–H and O–H groups in total. The second-order valence-electron chi connectivity index (χ2n) is 18.5. The molecule has 0 aliphatic rings. The van der Waals surface area contributed by atoms with Gasteiger partial charge in [-0.1, -0.05) is 216 Å². The van der Waals surface area contributed by atoms with Gasteiger partial charge in [-0.3, -0.25) is 9.59 Å². The van der Waals surface area contributed by atoms with E-state index in [1.807, 2.05) is 6.08 Å². The first-order valence-corrected chi connectivity index (χ1v) is 27.6. The molecule has 0 aromatic rings. The summed E-state index contributed by atoms with van der Waals surface area (Å²) in [6.07, 6.45) is 68.0. The van der Waals surface area contributed by atoms with Gasteiger partial charge >= 0.3 is 5.97 Å². The van der Waals surface area contributed by atoms with E-state index in [2.05, 4.69) is 67.8 Å². The van der Waals surface area contributed by atoms with E-state index in [1.54, 1.807) is 6.08 Å². The van der Waals surface area contributed by atoms with Crippen LogP contribution in [-0.2, 0) is 14.3 Å². The lowest BCUT2D eigenvalue weighted by atomic mass is 10.0. The van der Waals surface area contributed by atoms with Gasteiger partial charge < -0.3 is 20.3 Å². The Morgan fingerprint density at radius 1 is 0.438 bits per heavy atom. The fourth-order valence-corrected chi connectivity index (χ4v) is 7.99. The number of rotatable bonds is 50. The highest BCUT2D eigenvalue weighted by Crippen LogP contribution is 2.15. The lowest BCUT2D eigenvalue weighted by molar-refractivity contribution is -0.143. The van der Waals surface area contributed by atoms with E-state index in [-0.39, 0.29) is 18.5 Å². The maximum atomic E-state index is 12.4. The number of aliphatic hydroxyl groups excluding tert-OH is 2. The third kappa shape index (κ3) is 49.0. The summed E-state index contributed by atoms with van der Waals surface area (Å²) in [5, 5.41) is 23.1. The molecule has 0 aromatic carbocycles.